The van der Waals surface area contributed by atoms with Crippen LogP contribution < -0.4 is 4.74 Å². The van der Waals surface area contributed by atoms with E-state index in [1.54, 1.807) is 7.11 Å². The highest BCUT2D eigenvalue weighted by Crippen LogP contribution is 2.29. The van der Waals surface area contributed by atoms with Gasteiger partial charge in [0.15, 0.2) is 11.6 Å². The number of nitrogens with zero attached hydrogens (tertiary/aromatic N) is 1. The van der Waals surface area contributed by atoms with Gasteiger partial charge in [-0.25, -0.2) is 4.98 Å². The van der Waals surface area contributed by atoms with Crippen LogP contribution in [0.1, 0.15) is 0 Å². The first-order chi connectivity index (χ1) is 11.2. The molecule has 0 saturated carbocycles. The summed E-state index contributed by atoms with van der Waals surface area (Å²) < 4.78 is 12.2. The lowest BCUT2D eigenvalue weighted by molar-refractivity contribution is 0.415. The molecule has 114 valence electrons. The maximum absolute atomic E-state index is 5.94. The number of benzene rings is 2. The standard InChI is InChI=1S/C18H13BrN2O2/c1-22-13-6-7-14-15(10-13)21-18(20-14)17-9-8-16(23-17)11-2-4-12(19)5-3-11/h2-10H,1H3,(H,20,21). The number of aromatic amines is 1. The number of furan rings is 1. The molecule has 4 rings (SSSR count). The van der Waals surface area contributed by atoms with Gasteiger partial charge in [-0.1, -0.05) is 28.1 Å². The summed E-state index contributed by atoms with van der Waals surface area (Å²) in [6.07, 6.45) is 0. The fraction of sp³-hybridized carbons (Fsp3) is 0.0556. The molecule has 0 aliphatic rings. The number of hydrogen-bond donors (Lipinski definition) is 1. The Morgan fingerprint density at radius 2 is 1.78 bits per heavy atom. The van der Waals surface area contributed by atoms with Crippen molar-refractivity contribution in [1.29, 1.82) is 0 Å². The number of fused-ring (bicyclic) bond motifs is 1. The van der Waals surface area contributed by atoms with Gasteiger partial charge in [-0.2, -0.15) is 0 Å². The molecule has 5 heteroatoms. The minimum absolute atomic E-state index is 0.705. The van der Waals surface area contributed by atoms with Crippen molar-refractivity contribution in [2.24, 2.45) is 0 Å². The van der Waals surface area contributed by atoms with E-state index in [2.05, 4.69) is 25.9 Å². The zero-order valence-electron chi connectivity index (χ0n) is 12.3. The van der Waals surface area contributed by atoms with Crippen LogP contribution in [0.15, 0.2) is 63.5 Å². The number of hydrogen-bond acceptors (Lipinski definition) is 3. The smallest absolute Gasteiger partial charge is 0.174 e. The quantitative estimate of drug-likeness (QED) is 0.536. The molecule has 0 unspecified atom stereocenters. The van der Waals surface area contributed by atoms with E-state index in [1.165, 1.54) is 0 Å². The summed E-state index contributed by atoms with van der Waals surface area (Å²) >= 11 is 3.44. The summed E-state index contributed by atoms with van der Waals surface area (Å²) in [4.78, 5) is 7.84. The molecule has 1 N–H and O–H groups in total. The molecule has 4 nitrogen and oxygen atoms in total. The lowest BCUT2D eigenvalue weighted by atomic mass is 10.2. The summed E-state index contributed by atoms with van der Waals surface area (Å²) in [5, 5.41) is 0. The van der Waals surface area contributed by atoms with Crippen LogP contribution in [-0.2, 0) is 0 Å². The van der Waals surface area contributed by atoms with Crippen LogP contribution in [0, 0.1) is 0 Å². The van der Waals surface area contributed by atoms with E-state index in [1.807, 2.05) is 54.6 Å². The normalized spacial score (nSPS) is 11.0. The third-order valence-corrected chi connectivity index (χ3v) is 4.19. The van der Waals surface area contributed by atoms with Crippen molar-refractivity contribution in [2.75, 3.05) is 7.11 Å². The summed E-state index contributed by atoms with van der Waals surface area (Å²) in [5.74, 6) is 3.02. The zero-order valence-corrected chi connectivity index (χ0v) is 13.9. The monoisotopic (exact) mass is 368 g/mol. The number of ether oxygens (including phenoxy) is 1. The van der Waals surface area contributed by atoms with Crippen molar-refractivity contribution in [2.45, 2.75) is 0 Å². The van der Waals surface area contributed by atoms with E-state index < -0.39 is 0 Å². The number of nitrogens with one attached hydrogen (secondary N) is 1. The highest BCUT2D eigenvalue weighted by atomic mass is 79.9. The molecule has 0 aliphatic heterocycles. The zero-order chi connectivity index (χ0) is 15.8. The molecule has 0 radical (unpaired) electrons. The second-order valence-electron chi connectivity index (χ2n) is 5.14. The number of halogens is 1. The maximum Gasteiger partial charge on any atom is 0.174 e. The van der Waals surface area contributed by atoms with Crippen LogP contribution in [0.4, 0.5) is 0 Å². The molecule has 23 heavy (non-hydrogen) atoms. The minimum atomic E-state index is 0.705. The van der Waals surface area contributed by atoms with Crippen molar-refractivity contribution < 1.29 is 9.15 Å². The van der Waals surface area contributed by atoms with Crippen molar-refractivity contribution in [1.82, 2.24) is 9.97 Å². The number of methoxy groups -OCH3 is 1. The highest BCUT2D eigenvalue weighted by molar-refractivity contribution is 9.10. The van der Waals surface area contributed by atoms with Gasteiger partial charge in [-0.3, -0.25) is 0 Å². The summed E-state index contributed by atoms with van der Waals surface area (Å²) in [7, 11) is 1.65. The Bertz CT molecular complexity index is 970. The van der Waals surface area contributed by atoms with Crippen LogP contribution in [0.5, 0.6) is 5.75 Å². The summed E-state index contributed by atoms with van der Waals surface area (Å²) in [5.41, 5.74) is 2.82. The molecule has 2 aromatic heterocycles. The molecule has 0 atom stereocenters. The molecular weight excluding hydrogens is 356 g/mol. The van der Waals surface area contributed by atoms with Crippen LogP contribution in [0.25, 0.3) is 33.9 Å². The predicted molar refractivity (Wildman–Crippen MR) is 93.5 cm³/mol. The largest absolute Gasteiger partial charge is 0.497 e. The van der Waals surface area contributed by atoms with Crippen LogP contribution in [-0.4, -0.2) is 17.1 Å². The number of H-pyrrole nitrogens is 1. The predicted octanol–water partition coefficient (Wildman–Crippen LogP) is 5.26. The molecule has 0 fully saturated rings. The average Bonchev–Trinajstić information content (AvgIpc) is 3.21. The third-order valence-electron chi connectivity index (χ3n) is 3.66. The van der Waals surface area contributed by atoms with Crippen molar-refractivity contribution in [3.63, 3.8) is 0 Å². The van der Waals surface area contributed by atoms with Crippen molar-refractivity contribution >= 4 is 27.0 Å². The summed E-state index contributed by atoms with van der Waals surface area (Å²) in [6, 6.07) is 17.6. The fourth-order valence-electron chi connectivity index (χ4n) is 2.47. The SMILES string of the molecule is COc1ccc2nc(-c3ccc(-c4ccc(Br)cc4)o3)[nH]c2c1. The second kappa shape index (κ2) is 5.59. The fourth-order valence-corrected chi connectivity index (χ4v) is 2.73. The Kier molecular flexibility index (Phi) is 3.42. The van der Waals surface area contributed by atoms with Gasteiger partial charge < -0.3 is 14.1 Å². The van der Waals surface area contributed by atoms with Gasteiger partial charge in [-0.15, -0.1) is 0 Å². The van der Waals surface area contributed by atoms with Crippen LogP contribution >= 0.6 is 15.9 Å². The van der Waals surface area contributed by atoms with E-state index in [9.17, 15) is 0 Å². The number of aromatic nitrogens is 2. The van der Waals surface area contributed by atoms with Crippen molar-refractivity contribution in [3.8, 4) is 28.7 Å². The van der Waals surface area contributed by atoms with Crippen LogP contribution in [0.2, 0.25) is 0 Å². The molecule has 0 saturated heterocycles. The topological polar surface area (TPSA) is 51.1 Å². The van der Waals surface area contributed by atoms with Gasteiger partial charge >= 0.3 is 0 Å². The Morgan fingerprint density at radius 1 is 1.00 bits per heavy atom. The lowest BCUT2D eigenvalue weighted by Gasteiger charge is -1.97. The van der Waals surface area contributed by atoms with E-state index in [0.29, 0.717) is 11.6 Å². The molecule has 0 aliphatic carbocycles. The Hall–Kier alpha value is -2.53. The van der Waals surface area contributed by atoms with E-state index in [-0.39, 0.29) is 0 Å². The van der Waals surface area contributed by atoms with Gasteiger partial charge in [0.1, 0.15) is 11.5 Å². The van der Waals surface area contributed by atoms with Crippen molar-refractivity contribution in [3.05, 3.63) is 59.1 Å². The molecule has 0 bridgehead atoms. The van der Waals surface area contributed by atoms with Gasteiger partial charge in [-0.05, 0) is 36.4 Å². The first-order valence-corrected chi connectivity index (χ1v) is 7.92. The number of imidazole rings is 1. The Labute approximate surface area is 141 Å². The molecule has 4 aromatic rings. The lowest BCUT2D eigenvalue weighted by Crippen LogP contribution is -1.81. The first kappa shape index (κ1) is 14.1. The molecule has 0 spiro atoms. The Balaban J connectivity index is 1.72. The maximum atomic E-state index is 5.94. The third kappa shape index (κ3) is 2.64. The van der Waals surface area contributed by atoms with E-state index in [0.717, 1.165) is 32.6 Å². The van der Waals surface area contributed by atoms with Gasteiger partial charge in [0, 0.05) is 16.1 Å². The van der Waals surface area contributed by atoms with Gasteiger partial charge in [0.25, 0.3) is 0 Å². The average molecular weight is 369 g/mol. The first-order valence-electron chi connectivity index (χ1n) is 7.13. The van der Waals surface area contributed by atoms with Gasteiger partial charge in [0.05, 0.1) is 18.1 Å². The number of rotatable bonds is 3. The molecular formula is C18H13BrN2O2. The summed E-state index contributed by atoms with van der Waals surface area (Å²) in [6.45, 7) is 0. The molecule has 2 aromatic carbocycles. The highest BCUT2D eigenvalue weighted by Gasteiger charge is 2.11. The van der Waals surface area contributed by atoms with Gasteiger partial charge in [0.2, 0.25) is 0 Å². The second-order valence-corrected chi connectivity index (χ2v) is 6.05. The minimum Gasteiger partial charge on any atom is -0.497 e. The molecule has 0 amide bonds. The Morgan fingerprint density at radius 3 is 2.57 bits per heavy atom. The molecule has 2 heterocycles. The van der Waals surface area contributed by atoms with Crippen LogP contribution in [0.3, 0.4) is 0 Å². The van der Waals surface area contributed by atoms with E-state index >= 15 is 0 Å². The van der Waals surface area contributed by atoms with E-state index in [4.69, 9.17) is 9.15 Å².